The van der Waals surface area contributed by atoms with Crippen molar-refractivity contribution in [1.29, 1.82) is 0 Å². The van der Waals surface area contributed by atoms with Gasteiger partial charge in [0.15, 0.2) is 0 Å². The lowest BCUT2D eigenvalue weighted by atomic mass is 10.0. The van der Waals surface area contributed by atoms with Crippen molar-refractivity contribution < 1.29 is 18.0 Å². The Morgan fingerprint density at radius 1 is 0.927 bits per heavy atom. The fourth-order valence-electron chi connectivity index (χ4n) is 4.48. The van der Waals surface area contributed by atoms with E-state index in [1.165, 1.54) is 12.1 Å². The maximum Gasteiger partial charge on any atom is 0.243 e. The van der Waals surface area contributed by atoms with Crippen LogP contribution in [0.2, 0.25) is 10.0 Å². The molecule has 0 fully saturated rings. The summed E-state index contributed by atoms with van der Waals surface area (Å²) in [7, 11) is -3.71. The van der Waals surface area contributed by atoms with E-state index < -0.39 is 16.1 Å². The molecule has 10 heteroatoms. The van der Waals surface area contributed by atoms with Crippen molar-refractivity contribution in [1.82, 2.24) is 10.2 Å². The molecule has 0 aromatic heterocycles. The molecule has 0 bridgehead atoms. The van der Waals surface area contributed by atoms with Crippen LogP contribution in [0.5, 0.6) is 0 Å². The van der Waals surface area contributed by atoms with Crippen molar-refractivity contribution in [3.8, 4) is 0 Å². The molecule has 0 heterocycles. The Morgan fingerprint density at radius 2 is 1.59 bits per heavy atom. The molecule has 0 saturated carbocycles. The molecule has 0 aliphatic heterocycles. The summed E-state index contributed by atoms with van der Waals surface area (Å²) in [5.41, 5.74) is 3.16. The summed E-state index contributed by atoms with van der Waals surface area (Å²) >= 11 is 12.4. The van der Waals surface area contributed by atoms with Crippen molar-refractivity contribution in [3.05, 3.63) is 99.5 Å². The van der Waals surface area contributed by atoms with Gasteiger partial charge in [-0.2, -0.15) is 0 Å². The zero-order chi connectivity index (χ0) is 30.2. The fraction of sp³-hybridized carbons (Fsp3) is 0.355. The number of halogens is 2. The topological polar surface area (TPSA) is 86.8 Å². The minimum Gasteiger partial charge on any atom is -0.352 e. The van der Waals surface area contributed by atoms with Gasteiger partial charge in [0, 0.05) is 37.0 Å². The number of carbonyl (C=O) groups excluding carboxylic acids is 2. The molecule has 3 rings (SSSR count). The van der Waals surface area contributed by atoms with Crippen LogP contribution in [-0.2, 0) is 32.6 Å². The van der Waals surface area contributed by atoms with Crippen LogP contribution in [0.3, 0.4) is 0 Å². The number of nitrogens with zero attached hydrogens (tertiary/aromatic N) is 2. The number of carbonyl (C=O) groups is 2. The normalized spacial score (nSPS) is 12.2. The van der Waals surface area contributed by atoms with E-state index in [0.29, 0.717) is 11.4 Å². The van der Waals surface area contributed by atoms with E-state index in [0.717, 1.165) is 27.3 Å². The Labute approximate surface area is 253 Å². The molecule has 0 spiro atoms. The third kappa shape index (κ3) is 9.76. The molecule has 0 aliphatic carbocycles. The first-order valence-corrected chi connectivity index (χ1v) is 16.1. The second kappa shape index (κ2) is 14.7. The highest BCUT2D eigenvalue weighted by molar-refractivity contribution is 7.92. The maximum atomic E-state index is 13.9. The Balaban J connectivity index is 1.89. The number of hydrogen-bond donors (Lipinski definition) is 1. The smallest absolute Gasteiger partial charge is 0.243 e. The van der Waals surface area contributed by atoms with Crippen molar-refractivity contribution in [2.45, 2.75) is 58.7 Å². The van der Waals surface area contributed by atoms with Crippen LogP contribution in [-0.4, -0.2) is 50.0 Å². The highest BCUT2D eigenvalue weighted by atomic mass is 35.5. The Hall–Kier alpha value is -3.07. The largest absolute Gasteiger partial charge is 0.352 e. The van der Waals surface area contributed by atoms with Crippen molar-refractivity contribution >= 4 is 50.7 Å². The lowest BCUT2D eigenvalue weighted by Gasteiger charge is -2.32. The van der Waals surface area contributed by atoms with Crippen LogP contribution in [0.1, 0.15) is 43.4 Å². The molecule has 41 heavy (non-hydrogen) atoms. The number of amides is 2. The zero-order valence-corrected chi connectivity index (χ0v) is 26.1. The number of hydrogen-bond acceptors (Lipinski definition) is 4. The Kier molecular flexibility index (Phi) is 11.6. The number of sulfonamides is 1. The van der Waals surface area contributed by atoms with E-state index in [-0.39, 0.29) is 54.5 Å². The van der Waals surface area contributed by atoms with Gasteiger partial charge in [0.2, 0.25) is 21.8 Å². The number of aryl methyl sites for hydroxylation is 1. The molecule has 0 saturated heterocycles. The molecule has 0 aliphatic rings. The standard InChI is InChI=1S/C31H37Cl2N3O4S/c1-22(2)34-31(38)29(19-24-9-6-5-7-10-24)35(21-25-14-12-23(3)13-15-25)30(37)11-8-18-36(41(4,39)40)28-20-26(32)16-17-27(28)33/h5-7,9-10,12-17,20,22,29H,8,11,18-19,21H2,1-4H3,(H,34,38). The minimum absolute atomic E-state index is 0.0184. The highest BCUT2D eigenvalue weighted by Crippen LogP contribution is 2.31. The third-order valence-corrected chi connectivity index (χ3v) is 8.24. The van der Waals surface area contributed by atoms with Crippen LogP contribution in [0.4, 0.5) is 5.69 Å². The van der Waals surface area contributed by atoms with E-state index >= 15 is 0 Å². The average Bonchev–Trinajstić information content (AvgIpc) is 2.90. The predicted molar refractivity (Wildman–Crippen MR) is 167 cm³/mol. The zero-order valence-electron chi connectivity index (χ0n) is 23.8. The highest BCUT2D eigenvalue weighted by Gasteiger charge is 2.31. The van der Waals surface area contributed by atoms with E-state index in [1.807, 2.05) is 75.4 Å². The van der Waals surface area contributed by atoms with E-state index in [4.69, 9.17) is 23.2 Å². The SMILES string of the molecule is Cc1ccc(CN(C(=O)CCCN(c2cc(Cl)ccc2Cl)S(C)(=O)=O)C(Cc2ccccc2)C(=O)NC(C)C)cc1. The maximum absolute atomic E-state index is 13.9. The van der Waals surface area contributed by atoms with Crippen LogP contribution in [0.25, 0.3) is 0 Å². The summed E-state index contributed by atoms with van der Waals surface area (Å²) < 4.78 is 26.5. The van der Waals surface area contributed by atoms with Gasteiger partial charge in [0.05, 0.1) is 17.0 Å². The van der Waals surface area contributed by atoms with Crippen LogP contribution in [0, 0.1) is 6.92 Å². The molecule has 2 amide bonds. The Bertz CT molecular complexity index is 1430. The molecule has 3 aromatic rings. The summed E-state index contributed by atoms with van der Waals surface area (Å²) in [4.78, 5) is 29.0. The molecule has 1 atom stereocenters. The molecular weight excluding hydrogens is 581 g/mol. The van der Waals surface area contributed by atoms with Gasteiger partial charge in [0.25, 0.3) is 0 Å². The minimum atomic E-state index is -3.71. The van der Waals surface area contributed by atoms with Gasteiger partial charge in [-0.05, 0) is 56.5 Å². The van der Waals surface area contributed by atoms with Crippen LogP contribution < -0.4 is 9.62 Å². The third-order valence-electron chi connectivity index (χ3n) is 6.50. The molecule has 220 valence electrons. The second-order valence-electron chi connectivity index (χ2n) is 10.4. The van der Waals surface area contributed by atoms with Crippen molar-refractivity contribution in [2.75, 3.05) is 17.1 Å². The summed E-state index contributed by atoms with van der Waals surface area (Å²) in [5.74, 6) is -0.496. The second-order valence-corrected chi connectivity index (χ2v) is 13.2. The van der Waals surface area contributed by atoms with Crippen molar-refractivity contribution in [2.24, 2.45) is 0 Å². The van der Waals surface area contributed by atoms with Crippen LogP contribution in [0.15, 0.2) is 72.8 Å². The number of rotatable bonds is 13. The van der Waals surface area contributed by atoms with Gasteiger partial charge < -0.3 is 10.2 Å². The predicted octanol–water partition coefficient (Wildman–Crippen LogP) is 6.01. The monoisotopic (exact) mass is 617 g/mol. The van der Waals surface area contributed by atoms with Gasteiger partial charge in [-0.1, -0.05) is 83.4 Å². The Morgan fingerprint density at radius 3 is 2.20 bits per heavy atom. The molecule has 1 N–H and O–H groups in total. The first-order chi connectivity index (χ1) is 19.3. The van der Waals surface area contributed by atoms with Gasteiger partial charge >= 0.3 is 0 Å². The average molecular weight is 619 g/mol. The van der Waals surface area contributed by atoms with E-state index in [1.54, 1.807) is 11.0 Å². The van der Waals surface area contributed by atoms with Gasteiger partial charge in [0.1, 0.15) is 6.04 Å². The van der Waals surface area contributed by atoms with E-state index in [9.17, 15) is 18.0 Å². The van der Waals surface area contributed by atoms with Gasteiger partial charge in [-0.15, -0.1) is 0 Å². The summed E-state index contributed by atoms with van der Waals surface area (Å²) in [6.07, 6.45) is 1.66. The number of nitrogens with one attached hydrogen (secondary N) is 1. The molecule has 0 radical (unpaired) electrons. The van der Waals surface area contributed by atoms with Gasteiger partial charge in [-0.3, -0.25) is 13.9 Å². The first-order valence-electron chi connectivity index (χ1n) is 13.5. The van der Waals surface area contributed by atoms with Crippen LogP contribution >= 0.6 is 23.2 Å². The fourth-order valence-corrected chi connectivity index (χ4v) is 5.89. The number of benzene rings is 3. The number of anilines is 1. The molecule has 3 aromatic carbocycles. The summed E-state index contributed by atoms with van der Waals surface area (Å²) in [6.45, 7) is 6.00. The van der Waals surface area contributed by atoms with Crippen molar-refractivity contribution in [3.63, 3.8) is 0 Å². The quantitative estimate of drug-likeness (QED) is 0.254. The van der Waals surface area contributed by atoms with Gasteiger partial charge in [-0.25, -0.2) is 8.42 Å². The summed E-state index contributed by atoms with van der Waals surface area (Å²) in [6, 6.07) is 21.1. The molecule has 7 nitrogen and oxygen atoms in total. The first kappa shape index (κ1) is 32.4. The van der Waals surface area contributed by atoms with E-state index in [2.05, 4.69) is 5.32 Å². The lowest BCUT2D eigenvalue weighted by Crippen LogP contribution is -2.51. The lowest BCUT2D eigenvalue weighted by molar-refractivity contribution is -0.141. The molecular formula is C31H37Cl2N3O4S. The summed E-state index contributed by atoms with van der Waals surface area (Å²) in [5, 5.41) is 3.56. The molecule has 1 unspecified atom stereocenters.